The summed E-state index contributed by atoms with van der Waals surface area (Å²) < 4.78 is 2.10. The van der Waals surface area contributed by atoms with Gasteiger partial charge in [-0.2, -0.15) is 0 Å². The van der Waals surface area contributed by atoms with Gasteiger partial charge in [0.1, 0.15) is 5.52 Å². The fourth-order valence-corrected chi connectivity index (χ4v) is 2.52. The van der Waals surface area contributed by atoms with Gasteiger partial charge < -0.3 is 14.9 Å². The van der Waals surface area contributed by atoms with Gasteiger partial charge in [0, 0.05) is 29.9 Å². The van der Waals surface area contributed by atoms with Crippen LogP contribution in [0.25, 0.3) is 10.9 Å². The molecule has 0 bridgehead atoms. The molecule has 1 aliphatic heterocycles. The molecule has 4 nitrogen and oxygen atoms in total. The largest absolute Gasteiger partial charge is 0.339 e. The van der Waals surface area contributed by atoms with Crippen molar-refractivity contribution in [1.29, 1.82) is 0 Å². The van der Waals surface area contributed by atoms with E-state index in [1.165, 1.54) is 0 Å². The molecule has 3 rings (SSSR count). The first-order valence-electron chi connectivity index (χ1n) is 5.67. The molecular weight excluding hydrogens is 202 g/mol. The van der Waals surface area contributed by atoms with Crippen LogP contribution in [0.3, 0.4) is 0 Å². The molecule has 1 saturated heterocycles. The van der Waals surface area contributed by atoms with Crippen LogP contribution in [0.15, 0.2) is 23.1 Å². The zero-order chi connectivity index (χ0) is 11.1. The summed E-state index contributed by atoms with van der Waals surface area (Å²) in [6.07, 6.45) is 3.12. The maximum Gasteiger partial charge on any atom is 0.272 e. The van der Waals surface area contributed by atoms with Crippen molar-refractivity contribution in [1.82, 2.24) is 14.9 Å². The first kappa shape index (κ1) is 9.66. The third-order valence-electron chi connectivity index (χ3n) is 3.27. The Morgan fingerprint density at radius 1 is 1.50 bits per heavy atom. The lowest BCUT2D eigenvalue weighted by atomic mass is 10.2. The number of fused-ring (bicyclic) bond motifs is 1. The number of hydrogen-bond donors (Lipinski definition) is 2. The van der Waals surface area contributed by atoms with Gasteiger partial charge in [0.15, 0.2) is 0 Å². The Bertz CT molecular complexity index is 575. The minimum absolute atomic E-state index is 0.0203. The third-order valence-corrected chi connectivity index (χ3v) is 3.27. The van der Waals surface area contributed by atoms with E-state index >= 15 is 0 Å². The quantitative estimate of drug-likeness (QED) is 0.753. The van der Waals surface area contributed by atoms with Gasteiger partial charge in [-0.1, -0.05) is 0 Å². The fourth-order valence-electron chi connectivity index (χ4n) is 2.52. The Morgan fingerprint density at radius 2 is 2.38 bits per heavy atom. The van der Waals surface area contributed by atoms with Gasteiger partial charge in [-0.05, 0) is 32.0 Å². The van der Waals surface area contributed by atoms with Crippen molar-refractivity contribution < 1.29 is 0 Å². The molecule has 1 fully saturated rings. The van der Waals surface area contributed by atoms with Crippen molar-refractivity contribution in [3.8, 4) is 0 Å². The van der Waals surface area contributed by atoms with Crippen LogP contribution in [-0.2, 0) is 0 Å². The number of aryl methyl sites for hydroxylation is 1. The number of rotatable bonds is 1. The average Bonchev–Trinajstić information content (AvgIpc) is 2.82. The number of aromatic nitrogens is 2. The number of H-pyrrole nitrogens is 1. The highest BCUT2D eigenvalue weighted by atomic mass is 16.1. The topological polar surface area (TPSA) is 49.8 Å². The number of hydrogen-bond acceptors (Lipinski definition) is 2. The normalized spacial score (nSPS) is 20.7. The molecule has 0 radical (unpaired) electrons. The molecule has 0 aromatic carbocycles. The molecule has 1 atom stereocenters. The SMILES string of the molecule is Cc1cc2ccn(C3CCNC3)c2c(=O)[nH]1. The highest BCUT2D eigenvalue weighted by molar-refractivity contribution is 5.79. The van der Waals surface area contributed by atoms with E-state index in [2.05, 4.69) is 14.9 Å². The second-order valence-corrected chi connectivity index (χ2v) is 4.46. The van der Waals surface area contributed by atoms with Crippen LogP contribution in [0.4, 0.5) is 0 Å². The summed E-state index contributed by atoms with van der Waals surface area (Å²) in [6, 6.07) is 4.47. The van der Waals surface area contributed by atoms with Crippen molar-refractivity contribution in [2.45, 2.75) is 19.4 Å². The predicted molar refractivity (Wildman–Crippen MR) is 63.8 cm³/mol. The zero-order valence-electron chi connectivity index (χ0n) is 9.29. The summed E-state index contributed by atoms with van der Waals surface area (Å²) in [4.78, 5) is 14.8. The van der Waals surface area contributed by atoms with E-state index in [0.717, 1.165) is 36.1 Å². The van der Waals surface area contributed by atoms with E-state index in [-0.39, 0.29) is 5.56 Å². The predicted octanol–water partition coefficient (Wildman–Crippen LogP) is 1.17. The molecule has 4 heteroatoms. The van der Waals surface area contributed by atoms with Crippen LogP contribution in [-0.4, -0.2) is 22.6 Å². The lowest BCUT2D eigenvalue weighted by molar-refractivity contribution is 0.564. The second-order valence-electron chi connectivity index (χ2n) is 4.46. The van der Waals surface area contributed by atoms with Crippen LogP contribution in [0, 0.1) is 6.92 Å². The smallest absolute Gasteiger partial charge is 0.272 e. The summed E-state index contributed by atoms with van der Waals surface area (Å²) in [5.41, 5.74) is 1.74. The van der Waals surface area contributed by atoms with Gasteiger partial charge in [0.25, 0.3) is 5.56 Å². The minimum atomic E-state index is 0.0203. The Morgan fingerprint density at radius 3 is 3.12 bits per heavy atom. The van der Waals surface area contributed by atoms with E-state index in [1.54, 1.807) is 0 Å². The highest BCUT2D eigenvalue weighted by Crippen LogP contribution is 2.21. The molecule has 3 heterocycles. The molecule has 1 unspecified atom stereocenters. The number of pyridine rings is 1. The average molecular weight is 217 g/mol. The van der Waals surface area contributed by atoms with E-state index in [4.69, 9.17) is 0 Å². The fraction of sp³-hybridized carbons (Fsp3) is 0.417. The molecule has 2 aromatic rings. The molecule has 2 aromatic heterocycles. The van der Waals surface area contributed by atoms with E-state index in [9.17, 15) is 4.79 Å². The van der Waals surface area contributed by atoms with Crippen LogP contribution < -0.4 is 10.9 Å². The van der Waals surface area contributed by atoms with Crippen molar-refractivity contribution in [3.63, 3.8) is 0 Å². The van der Waals surface area contributed by atoms with Crippen LogP contribution in [0.2, 0.25) is 0 Å². The molecule has 0 spiro atoms. The molecule has 1 aliphatic rings. The van der Waals surface area contributed by atoms with Crippen LogP contribution in [0.5, 0.6) is 0 Å². The van der Waals surface area contributed by atoms with Gasteiger partial charge in [-0.3, -0.25) is 4.79 Å². The maximum absolute atomic E-state index is 11.9. The summed E-state index contributed by atoms with van der Waals surface area (Å²) in [5, 5.41) is 4.36. The third kappa shape index (κ3) is 1.38. The first-order chi connectivity index (χ1) is 7.75. The lowest BCUT2D eigenvalue weighted by Crippen LogP contribution is -2.17. The molecule has 0 aliphatic carbocycles. The zero-order valence-corrected chi connectivity index (χ0v) is 9.29. The van der Waals surface area contributed by atoms with Gasteiger partial charge >= 0.3 is 0 Å². The molecule has 84 valence electrons. The van der Waals surface area contributed by atoms with E-state index < -0.39 is 0 Å². The highest BCUT2D eigenvalue weighted by Gasteiger charge is 2.18. The van der Waals surface area contributed by atoms with Crippen LogP contribution in [0.1, 0.15) is 18.2 Å². The van der Waals surface area contributed by atoms with E-state index in [1.807, 2.05) is 25.3 Å². The van der Waals surface area contributed by atoms with E-state index in [0.29, 0.717) is 6.04 Å². The Balaban J connectivity index is 2.22. The molecule has 0 saturated carbocycles. The summed E-state index contributed by atoms with van der Waals surface area (Å²) in [6.45, 7) is 3.90. The van der Waals surface area contributed by atoms with Gasteiger partial charge in [-0.25, -0.2) is 0 Å². The van der Waals surface area contributed by atoms with Crippen LogP contribution >= 0.6 is 0 Å². The van der Waals surface area contributed by atoms with Crippen molar-refractivity contribution >= 4 is 10.9 Å². The van der Waals surface area contributed by atoms with Crippen molar-refractivity contribution in [3.05, 3.63) is 34.4 Å². The van der Waals surface area contributed by atoms with Crippen molar-refractivity contribution in [2.75, 3.05) is 13.1 Å². The Hall–Kier alpha value is -1.55. The molecule has 0 amide bonds. The number of nitrogens with zero attached hydrogens (tertiary/aromatic N) is 1. The number of nitrogens with one attached hydrogen (secondary N) is 2. The maximum atomic E-state index is 11.9. The lowest BCUT2D eigenvalue weighted by Gasteiger charge is -2.11. The summed E-state index contributed by atoms with van der Waals surface area (Å²) in [7, 11) is 0. The van der Waals surface area contributed by atoms with Gasteiger partial charge in [0.05, 0.1) is 0 Å². The van der Waals surface area contributed by atoms with Gasteiger partial charge in [-0.15, -0.1) is 0 Å². The molecule has 16 heavy (non-hydrogen) atoms. The molecular formula is C12H15N3O. The molecule has 2 N–H and O–H groups in total. The second kappa shape index (κ2) is 3.49. The Kier molecular flexibility index (Phi) is 2.11. The first-order valence-corrected chi connectivity index (χ1v) is 5.67. The monoisotopic (exact) mass is 217 g/mol. The van der Waals surface area contributed by atoms with Gasteiger partial charge in [0.2, 0.25) is 0 Å². The summed E-state index contributed by atoms with van der Waals surface area (Å²) in [5.74, 6) is 0. The standard InChI is InChI=1S/C12H15N3O/c1-8-6-9-3-5-15(10-2-4-13-7-10)11(9)12(16)14-8/h3,5-6,10,13H,2,4,7H2,1H3,(H,14,16). The minimum Gasteiger partial charge on any atom is -0.339 e. The summed E-state index contributed by atoms with van der Waals surface area (Å²) >= 11 is 0. The Labute approximate surface area is 93.3 Å². The number of aromatic amines is 1. The van der Waals surface area contributed by atoms with Crippen molar-refractivity contribution in [2.24, 2.45) is 0 Å².